The zero-order chi connectivity index (χ0) is 25.4. The van der Waals surface area contributed by atoms with Gasteiger partial charge in [0.05, 0.1) is 12.2 Å². The molecule has 0 unspecified atom stereocenters. The van der Waals surface area contributed by atoms with Crippen LogP contribution in [0.2, 0.25) is 0 Å². The molecule has 9 nitrogen and oxygen atoms in total. The third-order valence-corrected chi connectivity index (χ3v) is 6.75. The zero-order valence-electron chi connectivity index (χ0n) is 20.7. The van der Waals surface area contributed by atoms with Crippen LogP contribution in [0.25, 0.3) is 11.5 Å². The Labute approximate surface area is 208 Å². The molecular formula is C26H29FN6O3. The van der Waals surface area contributed by atoms with E-state index in [0.717, 1.165) is 36.2 Å². The molecule has 2 aliphatic rings. The van der Waals surface area contributed by atoms with Crippen LogP contribution in [0.15, 0.2) is 30.3 Å². The van der Waals surface area contributed by atoms with Crippen molar-refractivity contribution in [1.29, 1.82) is 0 Å². The molecule has 36 heavy (non-hydrogen) atoms. The summed E-state index contributed by atoms with van der Waals surface area (Å²) in [5.74, 6) is 0.611. The lowest BCUT2D eigenvalue weighted by molar-refractivity contribution is 0.0978. The van der Waals surface area contributed by atoms with Crippen LogP contribution in [-0.4, -0.2) is 49.8 Å². The largest absolute Gasteiger partial charge is 0.449 e. The van der Waals surface area contributed by atoms with Crippen LogP contribution in [0, 0.1) is 5.82 Å². The van der Waals surface area contributed by atoms with E-state index in [2.05, 4.69) is 38.9 Å². The van der Waals surface area contributed by atoms with E-state index < -0.39 is 17.8 Å². The number of anilines is 1. The fraction of sp³-hybridized carbons (Fsp3) is 0.423. The summed E-state index contributed by atoms with van der Waals surface area (Å²) in [6.07, 6.45) is 2.65. The first-order valence-corrected chi connectivity index (χ1v) is 12.2. The summed E-state index contributed by atoms with van der Waals surface area (Å²) in [7, 11) is 0. The number of aromatic nitrogens is 4. The topological polar surface area (TPSA) is 102 Å². The molecule has 0 saturated heterocycles. The van der Waals surface area contributed by atoms with Crippen LogP contribution in [0.1, 0.15) is 60.9 Å². The number of fused-ring (bicyclic) bond motifs is 2. The second kappa shape index (κ2) is 9.33. The van der Waals surface area contributed by atoms with Gasteiger partial charge in [0.25, 0.3) is 5.91 Å². The van der Waals surface area contributed by atoms with Crippen LogP contribution in [0.4, 0.5) is 15.0 Å². The van der Waals surface area contributed by atoms with Gasteiger partial charge in [-0.25, -0.2) is 14.2 Å². The number of nitrogens with one attached hydrogen (secondary N) is 1. The Kier molecular flexibility index (Phi) is 6.19. The fourth-order valence-electron chi connectivity index (χ4n) is 4.81. The van der Waals surface area contributed by atoms with E-state index in [0.29, 0.717) is 31.1 Å². The van der Waals surface area contributed by atoms with Crippen molar-refractivity contribution in [3.05, 3.63) is 58.7 Å². The predicted octanol–water partition coefficient (Wildman–Crippen LogP) is 4.32. The number of benzene rings is 1. The molecule has 0 atom stereocenters. The van der Waals surface area contributed by atoms with Gasteiger partial charge in [0.2, 0.25) is 0 Å². The van der Waals surface area contributed by atoms with Crippen molar-refractivity contribution in [3.63, 3.8) is 0 Å². The van der Waals surface area contributed by atoms with Gasteiger partial charge >= 0.3 is 6.09 Å². The molecule has 0 bridgehead atoms. The molecule has 0 aliphatic carbocycles. The molecule has 1 aromatic carbocycles. The quantitative estimate of drug-likeness (QED) is 0.569. The van der Waals surface area contributed by atoms with E-state index in [1.165, 1.54) is 12.1 Å². The smallest absolute Gasteiger partial charge is 0.410 e. The maximum absolute atomic E-state index is 14.9. The van der Waals surface area contributed by atoms with E-state index in [4.69, 9.17) is 4.74 Å². The van der Waals surface area contributed by atoms with Crippen molar-refractivity contribution < 1.29 is 18.7 Å². The van der Waals surface area contributed by atoms with Crippen LogP contribution in [-0.2, 0) is 29.7 Å². The fourth-order valence-corrected chi connectivity index (χ4v) is 4.81. The number of nitrogens with zero attached hydrogens (tertiary/aromatic N) is 5. The van der Waals surface area contributed by atoms with Crippen LogP contribution < -0.4 is 5.32 Å². The summed E-state index contributed by atoms with van der Waals surface area (Å²) in [6, 6.07) is 8.12. The number of amides is 2. The zero-order valence-corrected chi connectivity index (χ0v) is 20.7. The highest BCUT2D eigenvalue weighted by molar-refractivity contribution is 6.04. The number of halogens is 1. The SMILES string of the molecule is CCCOC(=O)N1CCc2cc(F)c(C(=O)Nc3cccc(-c4nnc5n4C(C)(C)CC5)n3)cc2C1. The van der Waals surface area contributed by atoms with Crippen LogP contribution in [0.3, 0.4) is 0 Å². The number of carbonyl (C=O) groups is 2. The lowest BCUT2D eigenvalue weighted by Gasteiger charge is -2.28. The van der Waals surface area contributed by atoms with Gasteiger partial charge in [-0.2, -0.15) is 0 Å². The lowest BCUT2D eigenvalue weighted by atomic mass is 9.97. The highest BCUT2D eigenvalue weighted by Gasteiger charge is 2.34. The van der Waals surface area contributed by atoms with E-state index in [1.807, 2.05) is 13.0 Å². The number of ether oxygens (including phenoxy) is 1. The molecule has 4 heterocycles. The van der Waals surface area contributed by atoms with E-state index in [-0.39, 0.29) is 23.5 Å². The third-order valence-electron chi connectivity index (χ3n) is 6.75. The van der Waals surface area contributed by atoms with Crippen molar-refractivity contribution in [1.82, 2.24) is 24.6 Å². The molecule has 0 fully saturated rings. The Hall–Kier alpha value is -3.82. The first kappa shape index (κ1) is 23.9. The summed E-state index contributed by atoms with van der Waals surface area (Å²) < 4.78 is 22.2. The summed E-state index contributed by atoms with van der Waals surface area (Å²) >= 11 is 0. The number of aryl methyl sites for hydroxylation is 1. The molecule has 5 rings (SSSR count). The van der Waals surface area contributed by atoms with Crippen molar-refractivity contribution >= 4 is 17.8 Å². The van der Waals surface area contributed by atoms with E-state index in [1.54, 1.807) is 17.0 Å². The number of hydrogen-bond acceptors (Lipinski definition) is 6. The lowest BCUT2D eigenvalue weighted by Crippen LogP contribution is -2.36. The second-order valence-electron chi connectivity index (χ2n) is 9.84. The van der Waals surface area contributed by atoms with Gasteiger partial charge < -0.3 is 19.5 Å². The maximum atomic E-state index is 14.9. The Morgan fingerprint density at radius 1 is 1.17 bits per heavy atom. The molecule has 3 aromatic rings. The minimum Gasteiger partial charge on any atom is -0.449 e. The third kappa shape index (κ3) is 4.43. The van der Waals surface area contributed by atoms with Crippen molar-refractivity contribution in [3.8, 4) is 11.5 Å². The molecule has 10 heteroatoms. The van der Waals surface area contributed by atoms with Gasteiger partial charge in [-0.05, 0) is 68.5 Å². The number of hydrogen-bond donors (Lipinski definition) is 1. The van der Waals surface area contributed by atoms with Gasteiger partial charge in [0.15, 0.2) is 5.82 Å². The maximum Gasteiger partial charge on any atom is 0.410 e. The molecule has 0 radical (unpaired) electrons. The Balaban J connectivity index is 1.36. The van der Waals surface area contributed by atoms with Gasteiger partial charge in [-0.3, -0.25) is 4.79 Å². The summed E-state index contributed by atoms with van der Waals surface area (Å²) in [4.78, 5) is 31.4. The standard InChI is InChI=1S/C26H29FN6O3/c1-4-12-36-25(35)32-11-9-16-14-19(27)18(13-17(16)15-32)24(34)29-21-7-5-6-20(28-21)23-31-30-22-8-10-26(2,3)33(22)23/h5-7,13-14H,4,8-12,15H2,1-3H3,(H,28,29,34). The molecule has 0 saturated carbocycles. The normalized spacial score (nSPS) is 15.8. The summed E-state index contributed by atoms with van der Waals surface area (Å²) in [5.41, 5.74) is 1.86. The number of pyridine rings is 1. The van der Waals surface area contributed by atoms with Crippen molar-refractivity contribution in [2.24, 2.45) is 0 Å². The molecule has 2 amide bonds. The van der Waals surface area contributed by atoms with Crippen LogP contribution in [0.5, 0.6) is 0 Å². The highest BCUT2D eigenvalue weighted by atomic mass is 19.1. The van der Waals surface area contributed by atoms with Gasteiger partial charge in [-0.1, -0.05) is 13.0 Å². The minimum absolute atomic E-state index is 0.103. The van der Waals surface area contributed by atoms with Gasteiger partial charge in [-0.15, -0.1) is 10.2 Å². The summed E-state index contributed by atoms with van der Waals surface area (Å²) in [6.45, 7) is 7.24. The molecule has 1 N–H and O–H groups in total. The van der Waals surface area contributed by atoms with Crippen molar-refractivity contribution in [2.75, 3.05) is 18.5 Å². The van der Waals surface area contributed by atoms with Crippen LogP contribution >= 0.6 is 0 Å². The van der Waals surface area contributed by atoms with E-state index in [9.17, 15) is 14.0 Å². The first-order valence-electron chi connectivity index (χ1n) is 12.2. The second-order valence-corrected chi connectivity index (χ2v) is 9.84. The highest BCUT2D eigenvalue weighted by Crippen LogP contribution is 2.35. The minimum atomic E-state index is -0.613. The molecule has 2 aromatic heterocycles. The average molecular weight is 493 g/mol. The molecule has 2 aliphatic heterocycles. The Morgan fingerprint density at radius 3 is 2.81 bits per heavy atom. The predicted molar refractivity (Wildman–Crippen MR) is 131 cm³/mol. The Bertz CT molecular complexity index is 1340. The van der Waals surface area contributed by atoms with Crippen molar-refractivity contribution in [2.45, 2.75) is 58.5 Å². The van der Waals surface area contributed by atoms with Gasteiger partial charge in [0, 0.05) is 25.0 Å². The summed E-state index contributed by atoms with van der Waals surface area (Å²) in [5, 5.41) is 11.3. The van der Waals surface area contributed by atoms with Gasteiger partial charge in [0.1, 0.15) is 23.2 Å². The first-order chi connectivity index (χ1) is 17.3. The average Bonchev–Trinajstić information content (AvgIpc) is 3.43. The molecule has 188 valence electrons. The Morgan fingerprint density at radius 2 is 2.00 bits per heavy atom. The molecular weight excluding hydrogens is 463 g/mol. The van der Waals surface area contributed by atoms with E-state index >= 15 is 0 Å². The molecule has 0 spiro atoms. The monoisotopic (exact) mass is 492 g/mol. The number of carbonyl (C=O) groups excluding carboxylic acids is 2. The number of rotatable bonds is 5.